The van der Waals surface area contributed by atoms with Crippen molar-refractivity contribution >= 4 is 28.3 Å². The third kappa shape index (κ3) is 3.26. The standard InChI is InChI=1S/C21H21F2N3O2/c1-4-6-14(27)26-13-8-5-7-12(9-13)16-15-10(2)11(3)25-20(15)17(21(24)28)19(23)18(16)22/h7,13,25H,5,8-9H2,1-3H3,(H2,24,28)(H,26,27)/t13-/m1/s1. The third-order valence-corrected chi connectivity index (χ3v) is 5.15. The van der Waals surface area contributed by atoms with Crippen LogP contribution in [0, 0.1) is 37.3 Å². The van der Waals surface area contributed by atoms with Gasteiger partial charge in [-0.15, -0.1) is 0 Å². The zero-order valence-electron chi connectivity index (χ0n) is 15.9. The summed E-state index contributed by atoms with van der Waals surface area (Å²) in [5, 5.41) is 3.24. The minimum Gasteiger partial charge on any atom is -0.365 e. The summed E-state index contributed by atoms with van der Waals surface area (Å²) in [6.45, 7) is 5.11. The highest BCUT2D eigenvalue weighted by Gasteiger charge is 2.29. The summed E-state index contributed by atoms with van der Waals surface area (Å²) in [6.07, 6.45) is 3.46. The van der Waals surface area contributed by atoms with Gasteiger partial charge in [-0.3, -0.25) is 9.59 Å². The second-order valence-corrected chi connectivity index (χ2v) is 6.92. The van der Waals surface area contributed by atoms with Gasteiger partial charge >= 0.3 is 0 Å². The Morgan fingerprint density at radius 3 is 2.64 bits per heavy atom. The molecule has 1 aromatic carbocycles. The van der Waals surface area contributed by atoms with Gasteiger partial charge in [0.1, 0.15) is 5.56 Å². The van der Waals surface area contributed by atoms with Gasteiger partial charge in [0, 0.05) is 22.7 Å². The van der Waals surface area contributed by atoms with Crippen LogP contribution in [-0.2, 0) is 4.79 Å². The molecule has 3 rings (SSSR count). The van der Waals surface area contributed by atoms with E-state index in [9.17, 15) is 14.0 Å². The van der Waals surface area contributed by atoms with Crippen molar-refractivity contribution in [3.63, 3.8) is 0 Å². The molecule has 0 spiro atoms. The van der Waals surface area contributed by atoms with E-state index in [0.717, 1.165) is 5.56 Å². The predicted octanol–water partition coefficient (Wildman–Crippen LogP) is 3.24. The van der Waals surface area contributed by atoms with E-state index in [-0.39, 0.29) is 17.1 Å². The first-order chi connectivity index (χ1) is 13.3. The maximum Gasteiger partial charge on any atom is 0.296 e. The highest BCUT2D eigenvalue weighted by molar-refractivity contribution is 6.09. The summed E-state index contributed by atoms with van der Waals surface area (Å²) in [4.78, 5) is 26.5. The largest absolute Gasteiger partial charge is 0.365 e. The number of fused-ring (bicyclic) bond motifs is 1. The molecule has 5 nitrogen and oxygen atoms in total. The minimum atomic E-state index is -1.26. The maximum atomic E-state index is 15.1. The number of hydrogen-bond acceptors (Lipinski definition) is 2. The Morgan fingerprint density at radius 2 is 2.00 bits per heavy atom. The Kier molecular flexibility index (Phi) is 5.23. The number of aryl methyl sites for hydroxylation is 2. The van der Waals surface area contributed by atoms with Crippen molar-refractivity contribution in [3.8, 4) is 11.8 Å². The van der Waals surface area contributed by atoms with Crippen molar-refractivity contribution in [2.45, 2.75) is 46.1 Å². The van der Waals surface area contributed by atoms with Gasteiger partial charge in [0.25, 0.3) is 11.8 Å². The Labute approximate surface area is 161 Å². The van der Waals surface area contributed by atoms with E-state index in [1.165, 1.54) is 0 Å². The molecule has 4 N–H and O–H groups in total. The monoisotopic (exact) mass is 385 g/mol. The number of H-pyrrole nitrogens is 1. The molecule has 1 aromatic heterocycles. The second kappa shape index (κ2) is 7.47. The zero-order chi connectivity index (χ0) is 20.6. The topological polar surface area (TPSA) is 88.0 Å². The van der Waals surface area contributed by atoms with Crippen LogP contribution in [0.4, 0.5) is 8.78 Å². The highest BCUT2D eigenvalue weighted by atomic mass is 19.2. The molecule has 146 valence electrons. The summed E-state index contributed by atoms with van der Waals surface area (Å²) in [5.41, 5.74) is 7.13. The lowest BCUT2D eigenvalue weighted by Crippen LogP contribution is -2.35. The Balaban J connectivity index is 2.15. The van der Waals surface area contributed by atoms with Crippen LogP contribution < -0.4 is 11.1 Å². The van der Waals surface area contributed by atoms with Crippen molar-refractivity contribution in [2.75, 3.05) is 0 Å². The summed E-state index contributed by atoms with van der Waals surface area (Å²) < 4.78 is 29.8. The molecule has 2 aromatic rings. The lowest BCUT2D eigenvalue weighted by atomic mass is 9.86. The molecule has 0 fully saturated rings. The lowest BCUT2D eigenvalue weighted by molar-refractivity contribution is -0.116. The van der Waals surface area contributed by atoms with Gasteiger partial charge in [-0.1, -0.05) is 12.0 Å². The molecule has 1 aliphatic rings. The number of carbonyl (C=O) groups is 2. The smallest absolute Gasteiger partial charge is 0.296 e. The predicted molar refractivity (Wildman–Crippen MR) is 103 cm³/mol. The molecular weight excluding hydrogens is 364 g/mol. The average molecular weight is 385 g/mol. The fourth-order valence-electron chi connectivity index (χ4n) is 3.76. The van der Waals surface area contributed by atoms with Crippen molar-refractivity contribution in [3.05, 3.63) is 40.1 Å². The minimum absolute atomic E-state index is 0.111. The van der Waals surface area contributed by atoms with Crippen LogP contribution in [0.2, 0.25) is 0 Å². The van der Waals surface area contributed by atoms with Crippen molar-refractivity contribution < 1.29 is 18.4 Å². The van der Waals surface area contributed by atoms with Crippen LogP contribution in [0.3, 0.4) is 0 Å². The first-order valence-corrected chi connectivity index (χ1v) is 8.98. The molecule has 1 heterocycles. The van der Waals surface area contributed by atoms with Crippen LogP contribution in [-0.4, -0.2) is 22.8 Å². The molecular formula is C21H21F2N3O2. The maximum absolute atomic E-state index is 15.1. The molecule has 0 saturated carbocycles. The van der Waals surface area contributed by atoms with Crippen LogP contribution in [0.5, 0.6) is 0 Å². The number of amides is 2. The summed E-state index contributed by atoms with van der Waals surface area (Å²) in [6, 6.07) is -0.234. The zero-order valence-corrected chi connectivity index (χ0v) is 15.9. The molecule has 7 heteroatoms. The molecule has 0 unspecified atom stereocenters. The van der Waals surface area contributed by atoms with Crippen LogP contribution >= 0.6 is 0 Å². The van der Waals surface area contributed by atoms with Crippen molar-refractivity contribution in [2.24, 2.45) is 5.73 Å². The van der Waals surface area contributed by atoms with Gasteiger partial charge in [0.05, 0.1) is 5.52 Å². The second-order valence-electron chi connectivity index (χ2n) is 6.92. The highest BCUT2D eigenvalue weighted by Crippen LogP contribution is 2.39. The van der Waals surface area contributed by atoms with Crippen molar-refractivity contribution in [1.82, 2.24) is 10.3 Å². The van der Waals surface area contributed by atoms with E-state index in [1.807, 2.05) is 6.08 Å². The molecule has 0 aliphatic heterocycles. The Hall–Kier alpha value is -3.14. The van der Waals surface area contributed by atoms with E-state index in [1.54, 1.807) is 20.8 Å². The van der Waals surface area contributed by atoms with Crippen molar-refractivity contribution in [1.29, 1.82) is 0 Å². The molecule has 1 aliphatic carbocycles. The fourth-order valence-corrected chi connectivity index (χ4v) is 3.76. The van der Waals surface area contributed by atoms with E-state index in [0.29, 0.717) is 35.9 Å². The molecule has 0 bridgehead atoms. The average Bonchev–Trinajstić information content (AvgIpc) is 2.91. The lowest BCUT2D eigenvalue weighted by Gasteiger charge is -2.24. The number of primary amides is 1. The number of aromatic amines is 1. The van der Waals surface area contributed by atoms with E-state index >= 15 is 4.39 Å². The number of allylic oxidation sites excluding steroid dienone is 1. The molecule has 0 radical (unpaired) electrons. The van der Waals surface area contributed by atoms with Gasteiger partial charge in [-0.25, -0.2) is 8.78 Å². The summed E-state index contributed by atoms with van der Waals surface area (Å²) >= 11 is 0. The van der Waals surface area contributed by atoms with Crippen LogP contribution in [0.15, 0.2) is 6.08 Å². The number of carbonyl (C=O) groups excluding carboxylic acids is 2. The molecule has 1 atom stereocenters. The first-order valence-electron chi connectivity index (χ1n) is 8.98. The SMILES string of the molecule is CC#CC(=O)N[C@@H]1CCC=C(c2c(F)c(F)c(C(N)=O)c3[nH]c(C)c(C)c23)C1. The molecule has 2 amide bonds. The number of benzene rings is 1. The van der Waals surface area contributed by atoms with E-state index in [4.69, 9.17) is 5.73 Å². The molecule has 0 saturated heterocycles. The van der Waals surface area contributed by atoms with Gasteiger partial charge < -0.3 is 16.0 Å². The van der Waals surface area contributed by atoms with E-state index in [2.05, 4.69) is 22.1 Å². The van der Waals surface area contributed by atoms with Gasteiger partial charge in [0.2, 0.25) is 0 Å². The number of halogens is 2. The van der Waals surface area contributed by atoms with Gasteiger partial charge in [-0.05, 0) is 57.1 Å². The number of hydrogen-bond donors (Lipinski definition) is 3. The summed E-state index contributed by atoms with van der Waals surface area (Å²) in [7, 11) is 0. The quantitative estimate of drug-likeness (QED) is 0.709. The number of rotatable bonds is 3. The number of nitrogens with one attached hydrogen (secondary N) is 2. The third-order valence-electron chi connectivity index (χ3n) is 5.15. The van der Waals surface area contributed by atoms with E-state index < -0.39 is 29.0 Å². The van der Waals surface area contributed by atoms with Crippen LogP contribution in [0.25, 0.3) is 16.5 Å². The molecule has 28 heavy (non-hydrogen) atoms. The fraction of sp³-hybridized carbons (Fsp3) is 0.333. The first kappa shape index (κ1) is 19.6. The van der Waals surface area contributed by atoms with Gasteiger partial charge in [-0.2, -0.15) is 0 Å². The Morgan fingerprint density at radius 1 is 1.29 bits per heavy atom. The Bertz CT molecular complexity index is 1090. The normalized spacial score (nSPS) is 16.3. The summed E-state index contributed by atoms with van der Waals surface area (Å²) in [5.74, 6) is 1.16. The number of aromatic nitrogens is 1. The van der Waals surface area contributed by atoms with Crippen LogP contribution in [0.1, 0.15) is 53.4 Å². The number of nitrogens with two attached hydrogens (primary N) is 1. The van der Waals surface area contributed by atoms with Gasteiger partial charge in [0.15, 0.2) is 11.6 Å².